The lowest BCUT2D eigenvalue weighted by molar-refractivity contribution is 0.103. The zero-order valence-electron chi connectivity index (χ0n) is 9.54. The van der Waals surface area contributed by atoms with Crippen LogP contribution >= 0.6 is 0 Å². The van der Waals surface area contributed by atoms with Crippen LogP contribution in [0.25, 0.3) is 0 Å². The Labute approximate surface area is 98.5 Å². The van der Waals surface area contributed by atoms with E-state index in [1.54, 1.807) is 24.3 Å². The van der Waals surface area contributed by atoms with Crippen molar-refractivity contribution in [3.05, 3.63) is 47.4 Å². The van der Waals surface area contributed by atoms with Gasteiger partial charge < -0.3 is 4.74 Å². The van der Waals surface area contributed by atoms with Crippen LogP contribution in [0.1, 0.15) is 21.7 Å². The van der Waals surface area contributed by atoms with Gasteiger partial charge >= 0.3 is 0 Å². The normalized spacial score (nSPS) is 10.0. The summed E-state index contributed by atoms with van der Waals surface area (Å²) in [6.45, 7) is 1.86. The summed E-state index contributed by atoms with van der Waals surface area (Å²) in [6, 6.07) is 6.68. The molecule has 2 rings (SSSR count). The summed E-state index contributed by atoms with van der Waals surface area (Å²) < 4.78 is 4.87. The van der Waals surface area contributed by atoms with Crippen molar-refractivity contribution in [2.24, 2.45) is 0 Å². The minimum Gasteiger partial charge on any atom is -0.480 e. The highest BCUT2D eigenvalue weighted by molar-refractivity contribution is 6.07. The van der Waals surface area contributed by atoms with Crippen LogP contribution in [0.2, 0.25) is 0 Å². The molecule has 0 aliphatic rings. The van der Waals surface area contributed by atoms with Gasteiger partial charge in [-0.25, -0.2) is 0 Å². The van der Waals surface area contributed by atoms with Gasteiger partial charge in [-0.3, -0.25) is 9.78 Å². The summed E-state index contributed by atoms with van der Waals surface area (Å²) >= 11 is 0. The molecule has 0 saturated carbocycles. The largest absolute Gasteiger partial charge is 0.480 e. The standard InChI is InChI=1S/C12H11N3O2/c1-8-3-4-9(7-13-8)12(16)10-5-6-11(17-2)15-14-10/h3-7H,1-2H3. The Kier molecular flexibility index (Phi) is 3.09. The first-order chi connectivity index (χ1) is 8.20. The van der Waals surface area contributed by atoms with Crippen LogP contribution in [0.3, 0.4) is 0 Å². The second kappa shape index (κ2) is 4.69. The topological polar surface area (TPSA) is 65.0 Å². The van der Waals surface area contributed by atoms with Gasteiger partial charge in [-0.1, -0.05) is 0 Å². The number of nitrogens with zero attached hydrogens (tertiary/aromatic N) is 3. The monoisotopic (exact) mass is 229 g/mol. The molecular weight excluding hydrogens is 218 g/mol. The zero-order valence-corrected chi connectivity index (χ0v) is 9.54. The molecule has 86 valence electrons. The van der Waals surface area contributed by atoms with Crippen LogP contribution in [0.5, 0.6) is 5.88 Å². The Morgan fingerprint density at radius 2 is 2.00 bits per heavy atom. The quantitative estimate of drug-likeness (QED) is 0.745. The maximum absolute atomic E-state index is 12.0. The number of pyridine rings is 1. The molecule has 0 N–H and O–H groups in total. The fraction of sp³-hybridized carbons (Fsp3) is 0.167. The first-order valence-electron chi connectivity index (χ1n) is 5.06. The number of hydrogen-bond donors (Lipinski definition) is 0. The van der Waals surface area contributed by atoms with Crippen molar-refractivity contribution in [3.63, 3.8) is 0 Å². The van der Waals surface area contributed by atoms with Crippen molar-refractivity contribution < 1.29 is 9.53 Å². The maximum atomic E-state index is 12.0. The number of rotatable bonds is 3. The maximum Gasteiger partial charge on any atom is 0.233 e. The number of carbonyl (C=O) groups excluding carboxylic acids is 1. The van der Waals surface area contributed by atoms with E-state index in [0.717, 1.165) is 5.69 Å². The van der Waals surface area contributed by atoms with Crippen molar-refractivity contribution in [1.82, 2.24) is 15.2 Å². The van der Waals surface area contributed by atoms with Crippen molar-refractivity contribution in [3.8, 4) is 5.88 Å². The Morgan fingerprint density at radius 3 is 2.53 bits per heavy atom. The predicted octanol–water partition coefficient (Wildman–Crippen LogP) is 1.42. The third kappa shape index (κ3) is 2.44. The zero-order chi connectivity index (χ0) is 12.3. The molecule has 0 amide bonds. The first kappa shape index (κ1) is 11.2. The number of carbonyl (C=O) groups is 1. The first-order valence-corrected chi connectivity index (χ1v) is 5.06. The molecule has 5 heteroatoms. The average Bonchev–Trinajstić information content (AvgIpc) is 2.39. The summed E-state index contributed by atoms with van der Waals surface area (Å²) in [5, 5.41) is 7.54. The van der Waals surface area contributed by atoms with E-state index in [4.69, 9.17) is 4.74 Å². The molecule has 0 saturated heterocycles. The van der Waals surface area contributed by atoms with Crippen molar-refractivity contribution in [2.75, 3.05) is 7.11 Å². The van der Waals surface area contributed by atoms with Crippen LogP contribution in [0.15, 0.2) is 30.5 Å². The van der Waals surface area contributed by atoms with Crippen molar-refractivity contribution in [1.29, 1.82) is 0 Å². The second-order valence-corrected chi connectivity index (χ2v) is 3.48. The third-order valence-corrected chi connectivity index (χ3v) is 2.26. The van der Waals surface area contributed by atoms with Crippen molar-refractivity contribution >= 4 is 5.78 Å². The van der Waals surface area contributed by atoms with Gasteiger partial charge in [0, 0.05) is 23.5 Å². The molecule has 0 atom stereocenters. The van der Waals surface area contributed by atoms with Crippen LogP contribution in [0, 0.1) is 6.92 Å². The molecule has 2 aromatic rings. The molecule has 0 unspecified atom stereocenters. The molecule has 0 spiro atoms. The van der Waals surface area contributed by atoms with Gasteiger partial charge in [0.05, 0.1) is 7.11 Å². The Hall–Kier alpha value is -2.30. The van der Waals surface area contributed by atoms with Gasteiger partial charge in [-0.05, 0) is 25.1 Å². The number of ether oxygens (including phenoxy) is 1. The van der Waals surface area contributed by atoms with E-state index in [-0.39, 0.29) is 11.5 Å². The van der Waals surface area contributed by atoms with Crippen molar-refractivity contribution in [2.45, 2.75) is 6.92 Å². The molecule has 0 aromatic carbocycles. The van der Waals surface area contributed by atoms with Crippen LogP contribution in [-0.2, 0) is 0 Å². The lowest BCUT2D eigenvalue weighted by Crippen LogP contribution is -2.06. The minimum absolute atomic E-state index is 0.201. The van der Waals surface area contributed by atoms with E-state index in [1.807, 2.05) is 6.92 Å². The van der Waals surface area contributed by atoms with Crippen LogP contribution in [0.4, 0.5) is 0 Å². The molecule has 0 bridgehead atoms. The molecule has 0 aliphatic heterocycles. The molecular formula is C12H11N3O2. The minimum atomic E-state index is -0.201. The lowest BCUT2D eigenvalue weighted by Gasteiger charge is -2.01. The Bertz CT molecular complexity index is 520. The third-order valence-electron chi connectivity index (χ3n) is 2.26. The number of ketones is 1. The Morgan fingerprint density at radius 1 is 1.18 bits per heavy atom. The van der Waals surface area contributed by atoms with Gasteiger partial charge in [0.15, 0.2) is 0 Å². The average molecular weight is 229 g/mol. The fourth-order valence-electron chi connectivity index (χ4n) is 1.30. The van der Waals surface area contributed by atoms with Crippen LogP contribution in [-0.4, -0.2) is 28.1 Å². The summed E-state index contributed by atoms with van der Waals surface area (Å²) in [5.74, 6) is 0.177. The van der Waals surface area contributed by atoms with E-state index in [1.165, 1.54) is 13.3 Å². The smallest absolute Gasteiger partial charge is 0.233 e. The summed E-state index contributed by atoms with van der Waals surface area (Å²) in [6.07, 6.45) is 1.53. The van der Waals surface area contributed by atoms with Gasteiger partial charge in [0.1, 0.15) is 5.69 Å². The molecule has 2 aromatic heterocycles. The van der Waals surface area contributed by atoms with Gasteiger partial charge in [-0.15, -0.1) is 10.2 Å². The molecule has 0 radical (unpaired) electrons. The molecule has 5 nitrogen and oxygen atoms in total. The van der Waals surface area contributed by atoms with E-state index in [9.17, 15) is 4.79 Å². The molecule has 0 aliphatic carbocycles. The summed E-state index contributed by atoms with van der Waals surface area (Å²) in [7, 11) is 1.50. The van der Waals surface area contributed by atoms with Crippen LogP contribution < -0.4 is 4.74 Å². The predicted molar refractivity (Wildman–Crippen MR) is 61.0 cm³/mol. The Balaban J connectivity index is 2.27. The fourth-order valence-corrected chi connectivity index (χ4v) is 1.30. The van der Waals surface area contributed by atoms with Gasteiger partial charge in [0.2, 0.25) is 11.7 Å². The number of aryl methyl sites for hydroxylation is 1. The highest BCUT2D eigenvalue weighted by atomic mass is 16.5. The number of hydrogen-bond acceptors (Lipinski definition) is 5. The highest BCUT2D eigenvalue weighted by Gasteiger charge is 2.11. The number of aromatic nitrogens is 3. The van der Waals surface area contributed by atoms with E-state index in [2.05, 4.69) is 15.2 Å². The summed E-state index contributed by atoms with van der Waals surface area (Å²) in [5.41, 5.74) is 1.63. The SMILES string of the molecule is COc1ccc(C(=O)c2ccc(C)nc2)nn1. The summed E-state index contributed by atoms with van der Waals surface area (Å²) in [4.78, 5) is 16.0. The lowest BCUT2D eigenvalue weighted by atomic mass is 10.1. The van der Waals surface area contributed by atoms with E-state index >= 15 is 0 Å². The van der Waals surface area contributed by atoms with Gasteiger partial charge in [0.25, 0.3) is 0 Å². The number of methoxy groups -OCH3 is 1. The van der Waals surface area contributed by atoms with Gasteiger partial charge in [-0.2, -0.15) is 0 Å². The van der Waals surface area contributed by atoms with E-state index in [0.29, 0.717) is 11.4 Å². The van der Waals surface area contributed by atoms with E-state index < -0.39 is 0 Å². The molecule has 2 heterocycles. The molecule has 0 fully saturated rings. The molecule has 17 heavy (non-hydrogen) atoms. The highest BCUT2D eigenvalue weighted by Crippen LogP contribution is 2.09. The second-order valence-electron chi connectivity index (χ2n) is 3.48.